The largest absolute Gasteiger partial charge is 0.387 e. The summed E-state index contributed by atoms with van der Waals surface area (Å²) in [6.45, 7) is 8.75. The molecule has 1 aliphatic heterocycles. The zero-order valence-corrected chi connectivity index (χ0v) is 13.9. The van der Waals surface area contributed by atoms with Gasteiger partial charge in [-0.1, -0.05) is 12.2 Å². The maximum absolute atomic E-state index is 12.3. The number of hydrogen-bond donors (Lipinski definition) is 2. The molecule has 0 aromatic rings. The predicted octanol–water partition coefficient (Wildman–Crippen LogP) is 0.871. The minimum absolute atomic E-state index is 0.0564. The van der Waals surface area contributed by atoms with Crippen molar-refractivity contribution in [3.05, 3.63) is 25.3 Å². The van der Waals surface area contributed by atoms with E-state index in [0.717, 1.165) is 0 Å². The molecule has 1 rings (SSSR count). The molecular formula is C17H28N2O4. The van der Waals surface area contributed by atoms with E-state index < -0.39 is 5.60 Å². The standard InChI is InChI=1S/C17H28N2O4/c1-4-8-17(22,9-5-2)13-18-16(21)14-6-7-15(20)19(12-14)10-11-23-3/h4-5,14,22H,1-2,6-13H2,3H3,(H,18,21)/t14-/m1/s1. The molecule has 1 fully saturated rings. The van der Waals surface area contributed by atoms with Gasteiger partial charge < -0.3 is 20.1 Å². The SMILES string of the molecule is C=CCC(O)(CC=C)CNC(=O)[C@@H]1CCC(=O)N(CCOC)C1. The van der Waals surface area contributed by atoms with Crippen LogP contribution in [0.2, 0.25) is 0 Å². The highest BCUT2D eigenvalue weighted by molar-refractivity contribution is 5.83. The van der Waals surface area contributed by atoms with Crippen LogP contribution in [-0.2, 0) is 14.3 Å². The summed E-state index contributed by atoms with van der Waals surface area (Å²) in [6, 6.07) is 0. The lowest BCUT2D eigenvalue weighted by Crippen LogP contribution is -2.49. The van der Waals surface area contributed by atoms with Crippen LogP contribution < -0.4 is 5.32 Å². The number of aliphatic hydroxyl groups is 1. The molecule has 1 heterocycles. The minimum atomic E-state index is -1.06. The highest BCUT2D eigenvalue weighted by Gasteiger charge is 2.31. The summed E-state index contributed by atoms with van der Waals surface area (Å²) in [5.41, 5.74) is -1.06. The van der Waals surface area contributed by atoms with Crippen molar-refractivity contribution >= 4 is 11.8 Å². The molecule has 0 aromatic heterocycles. The Kier molecular flexibility index (Phi) is 7.98. The average Bonchev–Trinajstić information content (AvgIpc) is 2.52. The normalized spacial score (nSPS) is 18.6. The third-order valence-corrected chi connectivity index (χ3v) is 4.08. The van der Waals surface area contributed by atoms with Gasteiger partial charge in [0.25, 0.3) is 0 Å². The molecule has 1 aliphatic rings. The van der Waals surface area contributed by atoms with Crippen LogP contribution in [-0.4, -0.2) is 60.8 Å². The minimum Gasteiger partial charge on any atom is -0.387 e. The fraction of sp³-hybridized carbons (Fsp3) is 0.647. The summed E-state index contributed by atoms with van der Waals surface area (Å²) in [5.74, 6) is -0.325. The first-order chi connectivity index (χ1) is 11.0. The number of nitrogens with one attached hydrogen (secondary N) is 1. The average molecular weight is 324 g/mol. The van der Waals surface area contributed by atoms with E-state index in [0.29, 0.717) is 45.4 Å². The smallest absolute Gasteiger partial charge is 0.225 e. The van der Waals surface area contributed by atoms with Gasteiger partial charge in [0.15, 0.2) is 0 Å². The van der Waals surface area contributed by atoms with Crippen molar-refractivity contribution < 1.29 is 19.4 Å². The maximum Gasteiger partial charge on any atom is 0.225 e. The van der Waals surface area contributed by atoms with Gasteiger partial charge >= 0.3 is 0 Å². The van der Waals surface area contributed by atoms with Crippen molar-refractivity contribution in [2.75, 3.05) is 33.4 Å². The number of methoxy groups -OCH3 is 1. The van der Waals surface area contributed by atoms with Gasteiger partial charge in [-0.25, -0.2) is 0 Å². The molecule has 0 aromatic carbocycles. The highest BCUT2D eigenvalue weighted by Crippen LogP contribution is 2.19. The third kappa shape index (κ3) is 6.15. The number of piperidine rings is 1. The summed E-state index contributed by atoms with van der Waals surface area (Å²) in [7, 11) is 1.58. The number of carbonyl (C=O) groups is 2. The monoisotopic (exact) mass is 324 g/mol. The van der Waals surface area contributed by atoms with Crippen LogP contribution in [0.4, 0.5) is 0 Å². The van der Waals surface area contributed by atoms with E-state index in [1.165, 1.54) is 0 Å². The van der Waals surface area contributed by atoms with Gasteiger partial charge in [0.1, 0.15) is 0 Å². The van der Waals surface area contributed by atoms with Crippen LogP contribution in [0.3, 0.4) is 0 Å². The van der Waals surface area contributed by atoms with Crippen molar-refractivity contribution in [3.8, 4) is 0 Å². The van der Waals surface area contributed by atoms with Gasteiger partial charge in [0, 0.05) is 33.2 Å². The number of rotatable bonds is 10. The predicted molar refractivity (Wildman–Crippen MR) is 88.8 cm³/mol. The first-order valence-electron chi connectivity index (χ1n) is 7.94. The van der Waals surface area contributed by atoms with E-state index in [1.54, 1.807) is 24.2 Å². The van der Waals surface area contributed by atoms with Crippen molar-refractivity contribution in [1.82, 2.24) is 10.2 Å². The molecule has 6 nitrogen and oxygen atoms in total. The third-order valence-electron chi connectivity index (χ3n) is 4.08. The molecule has 0 bridgehead atoms. The molecular weight excluding hydrogens is 296 g/mol. The first kappa shape index (κ1) is 19.4. The Morgan fingerprint density at radius 2 is 2.13 bits per heavy atom. The molecule has 0 radical (unpaired) electrons. The first-order valence-corrected chi connectivity index (χ1v) is 7.94. The van der Waals surface area contributed by atoms with E-state index >= 15 is 0 Å². The molecule has 1 saturated heterocycles. The van der Waals surface area contributed by atoms with Gasteiger partial charge in [-0.05, 0) is 19.3 Å². The van der Waals surface area contributed by atoms with Crippen molar-refractivity contribution in [2.45, 2.75) is 31.3 Å². The molecule has 2 N–H and O–H groups in total. The summed E-state index contributed by atoms with van der Waals surface area (Å²) in [5, 5.41) is 13.2. The molecule has 1 atom stereocenters. The Labute approximate surface area is 138 Å². The molecule has 0 unspecified atom stereocenters. The number of ether oxygens (including phenoxy) is 1. The summed E-state index contributed by atoms with van der Waals surface area (Å²) in [4.78, 5) is 25.8. The lowest BCUT2D eigenvalue weighted by molar-refractivity contribution is -0.139. The van der Waals surface area contributed by atoms with Crippen LogP contribution in [0.5, 0.6) is 0 Å². The second kappa shape index (κ2) is 9.47. The van der Waals surface area contributed by atoms with Crippen LogP contribution in [0.25, 0.3) is 0 Å². The van der Waals surface area contributed by atoms with Gasteiger partial charge in [-0.2, -0.15) is 0 Å². The van der Waals surface area contributed by atoms with E-state index in [2.05, 4.69) is 18.5 Å². The number of amides is 2. The van der Waals surface area contributed by atoms with E-state index in [9.17, 15) is 14.7 Å². The van der Waals surface area contributed by atoms with Gasteiger partial charge in [0.05, 0.1) is 18.1 Å². The summed E-state index contributed by atoms with van der Waals surface area (Å²) < 4.78 is 4.99. The zero-order chi connectivity index (χ0) is 17.3. The zero-order valence-electron chi connectivity index (χ0n) is 13.9. The van der Waals surface area contributed by atoms with E-state index in [1.807, 2.05) is 0 Å². The Bertz CT molecular complexity index is 426. The molecule has 2 amide bonds. The second-order valence-corrected chi connectivity index (χ2v) is 6.00. The maximum atomic E-state index is 12.3. The van der Waals surface area contributed by atoms with Gasteiger partial charge in [-0.3, -0.25) is 9.59 Å². The van der Waals surface area contributed by atoms with Gasteiger partial charge in [-0.15, -0.1) is 13.2 Å². The van der Waals surface area contributed by atoms with Gasteiger partial charge in [0.2, 0.25) is 11.8 Å². The molecule has 23 heavy (non-hydrogen) atoms. The fourth-order valence-electron chi connectivity index (χ4n) is 2.71. The molecule has 0 spiro atoms. The van der Waals surface area contributed by atoms with Crippen LogP contribution in [0.15, 0.2) is 25.3 Å². The number of hydrogen-bond acceptors (Lipinski definition) is 4. The fourth-order valence-corrected chi connectivity index (χ4v) is 2.71. The van der Waals surface area contributed by atoms with Crippen LogP contribution in [0.1, 0.15) is 25.7 Å². The van der Waals surface area contributed by atoms with Crippen molar-refractivity contribution in [1.29, 1.82) is 0 Å². The second-order valence-electron chi connectivity index (χ2n) is 6.00. The summed E-state index contributed by atoms with van der Waals surface area (Å²) >= 11 is 0. The lowest BCUT2D eigenvalue weighted by atomic mass is 9.93. The lowest BCUT2D eigenvalue weighted by Gasteiger charge is -2.33. The quantitative estimate of drug-likeness (QED) is 0.585. The topological polar surface area (TPSA) is 78.9 Å². The van der Waals surface area contributed by atoms with Crippen LogP contribution >= 0.6 is 0 Å². The molecule has 6 heteroatoms. The van der Waals surface area contributed by atoms with Crippen molar-refractivity contribution in [2.24, 2.45) is 5.92 Å². The Balaban J connectivity index is 2.54. The van der Waals surface area contributed by atoms with E-state index in [4.69, 9.17) is 4.74 Å². The van der Waals surface area contributed by atoms with Crippen molar-refractivity contribution in [3.63, 3.8) is 0 Å². The van der Waals surface area contributed by atoms with Crippen LogP contribution in [0, 0.1) is 5.92 Å². The number of likely N-dealkylation sites (tertiary alicyclic amines) is 1. The molecule has 0 aliphatic carbocycles. The molecule has 130 valence electrons. The number of carbonyl (C=O) groups excluding carboxylic acids is 2. The Morgan fingerprint density at radius 1 is 1.48 bits per heavy atom. The Hall–Kier alpha value is -1.66. The summed E-state index contributed by atoms with van der Waals surface area (Å²) in [6.07, 6.45) is 4.91. The Morgan fingerprint density at radius 3 is 2.70 bits per heavy atom. The highest BCUT2D eigenvalue weighted by atomic mass is 16.5. The number of nitrogens with zero attached hydrogens (tertiary/aromatic N) is 1. The van der Waals surface area contributed by atoms with E-state index in [-0.39, 0.29) is 24.3 Å². The molecule has 0 saturated carbocycles.